The van der Waals surface area contributed by atoms with E-state index in [2.05, 4.69) is 9.72 Å². The third-order valence-corrected chi connectivity index (χ3v) is 3.12. The molecular weight excluding hydrogens is 278 g/mol. The highest BCUT2D eigenvalue weighted by Gasteiger charge is 2.12. The predicted molar refractivity (Wildman–Crippen MR) is 75.8 cm³/mol. The number of rotatable bonds is 2. The first-order chi connectivity index (χ1) is 9.67. The van der Waals surface area contributed by atoms with Crippen LogP contribution in [0.1, 0.15) is 10.4 Å². The van der Waals surface area contributed by atoms with Crippen molar-refractivity contribution < 1.29 is 13.9 Å². The zero-order valence-corrected chi connectivity index (χ0v) is 11.3. The number of nitrogens with zero attached hydrogens (tertiary/aromatic N) is 1. The monoisotopic (exact) mass is 287 g/mol. The van der Waals surface area contributed by atoms with E-state index >= 15 is 0 Å². The minimum Gasteiger partial charge on any atom is -0.465 e. The summed E-state index contributed by atoms with van der Waals surface area (Å²) in [5, 5.41) is 0.611. The maximum atomic E-state index is 11.5. The molecule has 0 N–H and O–H groups in total. The van der Waals surface area contributed by atoms with Crippen LogP contribution in [-0.4, -0.2) is 18.1 Å². The number of carbonyl (C=O) groups excluding carboxylic acids is 1. The molecule has 0 unspecified atom stereocenters. The molecule has 1 aromatic heterocycles. The number of ether oxygens (including phenoxy) is 1. The van der Waals surface area contributed by atoms with Crippen molar-refractivity contribution >= 4 is 28.7 Å². The average molecular weight is 288 g/mol. The smallest absolute Gasteiger partial charge is 0.337 e. The molecule has 0 radical (unpaired) electrons. The predicted octanol–water partition coefficient (Wildman–Crippen LogP) is 3.93. The van der Waals surface area contributed by atoms with Gasteiger partial charge in [0.15, 0.2) is 5.58 Å². The van der Waals surface area contributed by atoms with Crippen molar-refractivity contribution in [3.05, 3.63) is 53.1 Å². The Bertz CT molecular complexity index is 795. The maximum absolute atomic E-state index is 11.5. The SMILES string of the molecule is COC(=O)c1ccc2oc(-c3cccc(Cl)c3)nc2c1. The molecule has 0 aliphatic rings. The highest BCUT2D eigenvalue weighted by Crippen LogP contribution is 2.26. The van der Waals surface area contributed by atoms with Gasteiger partial charge in [-0.1, -0.05) is 17.7 Å². The van der Waals surface area contributed by atoms with E-state index in [0.29, 0.717) is 27.6 Å². The van der Waals surface area contributed by atoms with Gasteiger partial charge in [0.2, 0.25) is 5.89 Å². The fourth-order valence-electron chi connectivity index (χ4n) is 1.92. The van der Waals surface area contributed by atoms with Crippen LogP contribution in [-0.2, 0) is 4.74 Å². The number of halogens is 1. The minimum atomic E-state index is -0.404. The molecule has 1 heterocycles. The van der Waals surface area contributed by atoms with Crippen molar-refractivity contribution in [3.8, 4) is 11.5 Å². The third-order valence-electron chi connectivity index (χ3n) is 2.88. The normalized spacial score (nSPS) is 10.7. The number of aromatic nitrogens is 1. The molecule has 5 heteroatoms. The van der Waals surface area contributed by atoms with Crippen molar-refractivity contribution in [2.24, 2.45) is 0 Å². The second-order valence-corrected chi connectivity index (χ2v) is 4.64. The number of carbonyl (C=O) groups is 1. The Morgan fingerprint density at radius 1 is 1.25 bits per heavy atom. The molecule has 100 valence electrons. The molecular formula is C15H10ClNO3. The van der Waals surface area contributed by atoms with E-state index in [1.54, 1.807) is 30.3 Å². The van der Waals surface area contributed by atoms with Gasteiger partial charge in [-0.25, -0.2) is 9.78 Å². The van der Waals surface area contributed by atoms with Gasteiger partial charge < -0.3 is 9.15 Å². The van der Waals surface area contributed by atoms with Gasteiger partial charge in [0.25, 0.3) is 0 Å². The van der Waals surface area contributed by atoms with E-state index in [0.717, 1.165) is 5.56 Å². The first-order valence-corrected chi connectivity index (χ1v) is 6.30. The molecule has 0 amide bonds. The van der Waals surface area contributed by atoms with Crippen LogP contribution in [0.5, 0.6) is 0 Å². The number of methoxy groups -OCH3 is 1. The molecule has 3 rings (SSSR count). The summed E-state index contributed by atoms with van der Waals surface area (Å²) in [7, 11) is 1.34. The van der Waals surface area contributed by atoms with Crippen LogP contribution in [0, 0.1) is 0 Å². The Morgan fingerprint density at radius 2 is 2.10 bits per heavy atom. The van der Waals surface area contributed by atoms with Crippen LogP contribution >= 0.6 is 11.6 Å². The molecule has 4 nitrogen and oxygen atoms in total. The second-order valence-electron chi connectivity index (χ2n) is 4.20. The number of benzene rings is 2. The fraction of sp³-hybridized carbons (Fsp3) is 0.0667. The molecule has 2 aromatic carbocycles. The van der Waals surface area contributed by atoms with Gasteiger partial charge in [-0.05, 0) is 36.4 Å². The molecule has 0 saturated heterocycles. The van der Waals surface area contributed by atoms with E-state index in [1.165, 1.54) is 7.11 Å². The van der Waals surface area contributed by atoms with Gasteiger partial charge in [0.05, 0.1) is 12.7 Å². The van der Waals surface area contributed by atoms with Crippen molar-refractivity contribution in [1.29, 1.82) is 0 Å². The molecule has 0 aliphatic heterocycles. The average Bonchev–Trinajstić information content (AvgIpc) is 2.89. The number of oxazole rings is 1. The van der Waals surface area contributed by atoms with Crippen LogP contribution in [0.3, 0.4) is 0 Å². The Labute approximate surface area is 119 Å². The zero-order valence-electron chi connectivity index (χ0n) is 10.6. The largest absolute Gasteiger partial charge is 0.465 e. The standard InChI is InChI=1S/C15H10ClNO3/c1-19-15(18)10-5-6-13-12(8-10)17-14(20-13)9-3-2-4-11(16)7-9/h2-8H,1H3. The lowest BCUT2D eigenvalue weighted by Gasteiger charge is -1.96. The molecule has 0 bridgehead atoms. The van der Waals surface area contributed by atoms with Crippen molar-refractivity contribution in [3.63, 3.8) is 0 Å². The highest BCUT2D eigenvalue weighted by atomic mass is 35.5. The van der Waals surface area contributed by atoms with Gasteiger partial charge in [-0.2, -0.15) is 0 Å². The van der Waals surface area contributed by atoms with Crippen molar-refractivity contribution in [2.75, 3.05) is 7.11 Å². The Morgan fingerprint density at radius 3 is 2.85 bits per heavy atom. The molecule has 0 atom stereocenters. The lowest BCUT2D eigenvalue weighted by Crippen LogP contribution is -2.00. The summed E-state index contributed by atoms with van der Waals surface area (Å²) < 4.78 is 10.3. The van der Waals surface area contributed by atoms with Crippen LogP contribution in [0.15, 0.2) is 46.9 Å². The Hall–Kier alpha value is -2.33. The molecule has 0 fully saturated rings. The zero-order chi connectivity index (χ0) is 14.1. The van der Waals surface area contributed by atoms with Crippen LogP contribution in [0.4, 0.5) is 0 Å². The second kappa shape index (κ2) is 4.98. The first kappa shape index (κ1) is 12.7. The summed E-state index contributed by atoms with van der Waals surface area (Å²) in [5.41, 5.74) is 2.43. The minimum absolute atomic E-state index is 0.404. The van der Waals surface area contributed by atoms with Gasteiger partial charge in [-0.3, -0.25) is 0 Å². The van der Waals surface area contributed by atoms with E-state index < -0.39 is 5.97 Å². The summed E-state index contributed by atoms with van der Waals surface area (Å²) in [4.78, 5) is 15.8. The first-order valence-electron chi connectivity index (χ1n) is 5.92. The Balaban J connectivity index is 2.09. The summed E-state index contributed by atoms with van der Waals surface area (Å²) in [6, 6.07) is 12.2. The summed E-state index contributed by atoms with van der Waals surface area (Å²) in [6.07, 6.45) is 0. The van der Waals surface area contributed by atoms with Gasteiger partial charge in [-0.15, -0.1) is 0 Å². The molecule has 3 aromatic rings. The number of hydrogen-bond acceptors (Lipinski definition) is 4. The lowest BCUT2D eigenvalue weighted by atomic mass is 10.2. The van der Waals surface area contributed by atoms with Crippen LogP contribution in [0.2, 0.25) is 5.02 Å². The number of hydrogen-bond donors (Lipinski definition) is 0. The number of fused-ring (bicyclic) bond motifs is 1. The quantitative estimate of drug-likeness (QED) is 0.670. The van der Waals surface area contributed by atoms with E-state index in [4.69, 9.17) is 16.0 Å². The van der Waals surface area contributed by atoms with E-state index in [9.17, 15) is 4.79 Å². The molecule has 0 spiro atoms. The van der Waals surface area contributed by atoms with Gasteiger partial charge in [0, 0.05) is 10.6 Å². The van der Waals surface area contributed by atoms with Crippen LogP contribution < -0.4 is 0 Å². The number of esters is 1. The van der Waals surface area contributed by atoms with Gasteiger partial charge >= 0.3 is 5.97 Å². The Kier molecular flexibility index (Phi) is 3.16. The molecule has 0 saturated carbocycles. The van der Waals surface area contributed by atoms with Gasteiger partial charge in [0.1, 0.15) is 5.52 Å². The summed E-state index contributed by atoms with van der Waals surface area (Å²) in [5.74, 6) is 0.0590. The summed E-state index contributed by atoms with van der Waals surface area (Å²) in [6.45, 7) is 0. The topological polar surface area (TPSA) is 52.3 Å². The van der Waals surface area contributed by atoms with Crippen molar-refractivity contribution in [2.45, 2.75) is 0 Å². The van der Waals surface area contributed by atoms with E-state index in [-0.39, 0.29) is 0 Å². The maximum Gasteiger partial charge on any atom is 0.337 e. The lowest BCUT2D eigenvalue weighted by molar-refractivity contribution is 0.0601. The molecule has 0 aliphatic carbocycles. The molecule has 20 heavy (non-hydrogen) atoms. The fourth-order valence-corrected chi connectivity index (χ4v) is 2.11. The van der Waals surface area contributed by atoms with Crippen LogP contribution in [0.25, 0.3) is 22.6 Å². The van der Waals surface area contributed by atoms with E-state index in [1.807, 2.05) is 12.1 Å². The highest BCUT2D eigenvalue weighted by molar-refractivity contribution is 6.30. The third kappa shape index (κ3) is 2.26. The summed E-state index contributed by atoms with van der Waals surface area (Å²) >= 11 is 5.95. The van der Waals surface area contributed by atoms with Crippen molar-refractivity contribution in [1.82, 2.24) is 4.98 Å².